The van der Waals surface area contributed by atoms with E-state index in [9.17, 15) is 4.39 Å². The Bertz CT molecular complexity index is 1010. The third-order valence-electron chi connectivity index (χ3n) is 4.55. The van der Waals surface area contributed by atoms with Crippen LogP contribution >= 0.6 is 0 Å². The van der Waals surface area contributed by atoms with E-state index < -0.39 is 5.82 Å². The van der Waals surface area contributed by atoms with Crippen molar-refractivity contribution in [2.45, 2.75) is 19.9 Å². The molecule has 3 aromatic rings. The third-order valence-corrected chi connectivity index (χ3v) is 4.55. The minimum absolute atomic E-state index is 0.295. The molecule has 0 radical (unpaired) electrons. The molecule has 0 fully saturated rings. The maximum atomic E-state index is 14.0. The Kier molecular flexibility index (Phi) is 5.72. The summed E-state index contributed by atoms with van der Waals surface area (Å²) >= 11 is 0. The fourth-order valence-electron chi connectivity index (χ4n) is 3.05. The van der Waals surface area contributed by atoms with Crippen LogP contribution in [-0.2, 0) is 13.0 Å². The lowest BCUT2D eigenvalue weighted by Crippen LogP contribution is -2.38. The second-order valence-electron chi connectivity index (χ2n) is 6.33. The van der Waals surface area contributed by atoms with Crippen LogP contribution in [0.2, 0.25) is 0 Å². The highest BCUT2D eigenvalue weighted by molar-refractivity contribution is 5.86. The van der Waals surface area contributed by atoms with Gasteiger partial charge in [-0.1, -0.05) is 24.3 Å². The van der Waals surface area contributed by atoms with Gasteiger partial charge >= 0.3 is 0 Å². The predicted octanol–water partition coefficient (Wildman–Crippen LogP) is 3.39. The average Bonchev–Trinajstić information content (AvgIpc) is 3.09. The topological polar surface area (TPSA) is 76.0 Å². The molecule has 27 heavy (non-hydrogen) atoms. The van der Waals surface area contributed by atoms with E-state index in [1.807, 2.05) is 12.3 Å². The summed E-state index contributed by atoms with van der Waals surface area (Å²) in [5.41, 5.74) is 4.45. The van der Waals surface area contributed by atoms with E-state index in [2.05, 4.69) is 45.7 Å². The normalized spacial score (nSPS) is 11.4. The number of aromatic amines is 1. The van der Waals surface area contributed by atoms with Gasteiger partial charge in [0.2, 0.25) is 0 Å². The summed E-state index contributed by atoms with van der Waals surface area (Å²) in [6, 6.07) is 12.7. The largest absolute Gasteiger partial charge is 0.361 e. The number of nitrogens with zero attached hydrogens (tertiary/aromatic N) is 2. The Hall–Kier alpha value is -3.33. The van der Waals surface area contributed by atoms with Crippen LogP contribution in [0.15, 0.2) is 47.6 Å². The quantitative estimate of drug-likeness (QED) is 0.480. The van der Waals surface area contributed by atoms with Crippen molar-refractivity contribution >= 4 is 16.9 Å². The molecule has 0 atom stereocenters. The van der Waals surface area contributed by atoms with E-state index >= 15 is 0 Å². The van der Waals surface area contributed by atoms with Crippen LogP contribution in [-0.4, -0.2) is 24.5 Å². The van der Waals surface area contributed by atoms with Crippen molar-refractivity contribution in [3.8, 4) is 6.07 Å². The minimum atomic E-state index is -0.397. The van der Waals surface area contributed by atoms with Crippen LogP contribution in [0.25, 0.3) is 10.9 Å². The van der Waals surface area contributed by atoms with Gasteiger partial charge in [0, 0.05) is 42.8 Å². The van der Waals surface area contributed by atoms with E-state index in [0.717, 1.165) is 6.42 Å². The fraction of sp³-hybridized carbons (Fsp3) is 0.238. The number of rotatable bonds is 5. The van der Waals surface area contributed by atoms with Gasteiger partial charge in [0.25, 0.3) is 0 Å². The first-order valence-corrected chi connectivity index (χ1v) is 8.81. The van der Waals surface area contributed by atoms with E-state index in [0.29, 0.717) is 30.2 Å². The van der Waals surface area contributed by atoms with Gasteiger partial charge in [-0.3, -0.25) is 4.99 Å². The number of hydrogen-bond donors (Lipinski definition) is 3. The van der Waals surface area contributed by atoms with Crippen molar-refractivity contribution in [3.63, 3.8) is 0 Å². The highest BCUT2D eigenvalue weighted by Gasteiger charge is 2.07. The SMILES string of the molecule is CN=C(NCCc1c[nH]c2c(C)cccc12)NCc1ccc(C#N)cc1F. The number of aromatic nitrogens is 1. The van der Waals surface area contributed by atoms with Gasteiger partial charge in [0.05, 0.1) is 11.6 Å². The van der Waals surface area contributed by atoms with Crippen LogP contribution in [0.1, 0.15) is 22.3 Å². The van der Waals surface area contributed by atoms with Gasteiger partial charge in [-0.15, -0.1) is 0 Å². The summed E-state index contributed by atoms with van der Waals surface area (Å²) in [5.74, 6) is 0.209. The van der Waals surface area contributed by atoms with Gasteiger partial charge in [0.15, 0.2) is 5.96 Å². The highest BCUT2D eigenvalue weighted by Crippen LogP contribution is 2.21. The number of fused-ring (bicyclic) bond motifs is 1. The third kappa shape index (κ3) is 4.26. The van der Waals surface area contributed by atoms with Crippen LogP contribution in [0.3, 0.4) is 0 Å². The molecule has 0 unspecified atom stereocenters. The molecule has 0 aliphatic carbocycles. The number of guanidine groups is 1. The Morgan fingerprint density at radius 3 is 2.81 bits per heavy atom. The maximum absolute atomic E-state index is 14.0. The van der Waals surface area contributed by atoms with Gasteiger partial charge in [-0.2, -0.15) is 5.26 Å². The summed E-state index contributed by atoms with van der Waals surface area (Å²) in [6.45, 7) is 3.09. The van der Waals surface area contributed by atoms with Crippen molar-refractivity contribution in [2.24, 2.45) is 4.99 Å². The van der Waals surface area contributed by atoms with Gasteiger partial charge in [-0.25, -0.2) is 4.39 Å². The zero-order valence-corrected chi connectivity index (χ0v) is 15.4. The van der Waals surface area contributed by atoms with Crippen molar-refractivity contribution in [2.75, 3.05) is 13.6 Å². The number of halogens is 1. The number of hydrogen-bond acceptors (Lipinski definition) is 2. The summed E-state index contributed by atoms with van der Waals surface area (Å²) in [6.07, 6.45) is 2.89. The zero-order valence-electron chi connectivity index (χ0n) is 15.4. The Balaban J connectivity index is 1.55. The summed E-state index contributed by atoms with van der Waals surface area (Å²) in [4.78, 5) is 7.51. The average molecular weight is 363 g/mol. The second kappa shape index (κ2) is 8.37. The van der Waals surface area contributed by atoms with Crippen LogP contribution in [0.4, 0.5) is 4.39 Å². The first-order valence-electron chi connectivity index (χ1n) is 8.81. The molecule has 5 nitrogen and oxygen atoms in total. The monoisotopic (exact) mass is 363 g/mol. The van der Waals surface area contributed by atoms with E-state index in [1.165, 1.54) is 28.1 Å². The van der Waals surface area contributed by atoms with E-state index in [4.69, 9.17) is 5.26 Å². The van der Waals surface area contributed by atoms with Gasteiger partial charge in [0.1, 0.15) is 5.82 Å². The first-order chi connectivity index (χ1) is 13.1. The molecular formula is C21H22FN5. The highest BCUT2D eigenvalue weighted by atomic mass is 19.1. The number of aryl methyl sites for hydroxylation is 1. The standard InChI is InChI=1S/C21H22FN5/c1-14-4-3-5-18-16(12-26-20(14)18)8-9-25-21(24-2)27-13-17-7-6-15(11-23)10-19(17)22/h3-7,10,12,26H,8-9,13H2,1-2H3,(H2,24,25,27). The molecule has 3 N–H and O–H groups in total. The molecule has 0 spiro atoms. The summed E-state index contributed by atoms with van der Waals surface area (Å²) in [5, 5.41) is 16.4. The van der Waals surface area contributed by atoms with E-state index in [1.54, 1.807) is 19.2 Å². The molecule has 0 saturated carbocycles. The van der Waals surface area contributed by atoms with Crippen molar-refractivity contribution in [3.05, 3.63) is 70.7 Å². The number of nitriles is 1. The lowest BCUT2D eigenvalue weighted by Gasteiger charge is -2.12. The number of aliphatic imine (C=N–C) groups is 1. The second-order valence-corrected chi connectivity index (χ2v) is 6.33. The van der Waals surface area contributed by atoms with Crippen LogP contribution in [0.5, 0.6) is 0 Å². The lowest BCUT2D eigenvalue weighted by atomic mass is 10.1. The Labute approximate surface area is 157 Å². The fourth-order valence-corrected chi connectivity index (χ4v) is 3.05. The molecule has 0 bridgehead atoms. The number of nitrogens with one attached hydrogen (secondary N) is 3. The maximum Gasteiger partial charge on any atom is 0.191 e. The summed E-state index contributed by atoms with van der Waals surface area (Å²) < 4.78 is 14.0. The molecule has 2 aromatic carbocycles. The van der Waals surface area contributed by atoms with Crippen LogP contribution in [0, 0.1) is 24.1 Å². The Morgan fingerprint density at radius 2 is 2.07 bits per heavy atom. The molecule has 0 aliphatic heterocycles. The van der Waals surface area contributed by atoms with Gasteiger partial charge < -0.3 is 15.6 Å². The molecule has 0 amide bonds. The molecular weight excluding hydrogens is 341 g/mol. The van der Waals surface area contributed by atoms with Crippen LogP contribution < -0.4 is 10.6 Å². The molecule has 3 rings (SSSR count). The van der Waals surface area contributed by atoms with Crippen molar-refractivity contribution in [1.82, 2.24) is 15.6 Å². The molecule has 6 heteroatoms. The number of para-hydroxylation sites is 1. The molecule has 1 heterocycles. The molecule has 0 saturated heterocycles. The lowest BCUT2D eigenvalue weighted by molar-refractivity contribution is 0.604. The molecule has 1 aromatic heterocycles. The first kappa shape index (κ1) is 18.5. The van der Waals surface area contributed by atoms with Gasteiger partial charge in [-0.05, 0) is 36.6 Å². The molecule has 0 aliphatic rings. The summed E-state index contributed by atoms with van der Waals surface area (Å²) in [7, 11) is 1.68. The Morgan fingerprint density at radius 1 is 1.22 bits per heavy atom. The number of H-pyrrole nitrogens is 1. The van der Waals surface area contributed by atoms with Crippen molar-refractivity contribution < 1.29 is 4.39 Å². The molecule has 138 valence electrons. The predicted molar refractivity (Wildman–Crippen MR) is 106 cm³/mol. The van der Waals surface area contributed by atoms with Crippen molar-refractivity contribution in [1.29, 1.82) is 5.26 Å². The minimum Gasteiger partial charge on any atom is -0.361 e. The van der Waals surface area contributed by atoms with E-state index in [-0.39, 0.29) is 0 Å². The zero-order chi connectivity index (χ0) is 19.2. The number of benzene rings is 2. The smallest absolute Gasteiger partial charge is 0.191 e.